The van der Waals surface area contributed by atoms with E-state index in [9.17, 15) is 18.8 Å². The zero-order valence-electron chi connectivity index (χ0n) is 19.9. The number of urea groups is 1. The largest absolute Gasteiger partial charge is 0.488 e. The number of para-hydroxylation sites is 1. The fourth-order valence-electron chi connectivity index (χ4n) is 4.05. The molecule has 1 saturated heterocycles. The number of hydrogen-bond acceptors (Lipinski definition) is 4. The van der Waals surface area contributed by atoms with Crippen molar-refractivity contribution < 1.29 is 23.5 Å². The van der Waals surface area contributed by atoms with Crippen molar-refractivity contribution in [3.63, 3.8) is 0 Å². The lowest BCUT2D eigenvalue weighted by molar-refractivity contribution is -0.127. The highest BCUT2D eigenvalue weighted by atomic mass is 79.9. The van der Waals surface area contributed by atoms with Gasteiger partial charge in [-0.05, 0) is 52.7 Å². The van der Waals surface area contributed by atoms with Crippen molar-refractivity contribution in [2.45, 2.75) is 6.61 Å². The molecule has 0 saturated carbocycles. The van der Waals surface area contributed by atoms with Crippen LogP contribution in [0.3, 0.4) is 0 Å². The third-order valence-corrected chi connectivity index (χ3v) is 6.47. The molecule has 38 heavy (non-hydrogen) atoms. The number of anilines is 1. The van der Waals surface area contributed by atoms with Crippen LogP contribution in [0.15, 0.2) is 95.1 Å². The predicted octanol–water partition coefficient (Wildman–Crippen LogP) is 5.85. The zero-order chi connectivity index (χ0) is 26.6. The molecule has 0 bridgehead atoms. The van der Waals surface area contributed by atoms with Crippen LogP contribution in [0, 0.1) is 5.82 Å². The standard InChI is InChI=1S/C29H21BrFN3O4/c30-20-12-9-18(10-13-20)17-38-26-14-11-19-5-1-2-6-21(19)22(26)15-25-28(36)34(29(37)33-25)16-27(35)32-24-8-4-3-7-23(24)31/h1-15H,16-17H2,(H,32,35)(H,33,37)/b25-15+. The van der Waals surface area contributed by atoms with Crippen molar-refractivity contribution in [2.75, 3.05) is 11.9 Å². The maximum Gasteiger partial charge on any atom is 0.329 e. The van der Waals surface area contributed by atoms with Crippen molar-refractivity contribution >= 4 is 56.3 Å². The molecule has 0 unspecified atom stereocenters. The van der Waals surface area contributed by atoms with Crippen molar-refractivity contribution in [3.8, 4) is 5.75 Å². The number of ether oxygens (including phenoxy) is 1. The highest BCUT2D eigenvalue weighted by Crippen LogP contribution is 2.31. The molecule has 0 spiro atoms. The summed E-state index contributed by atoms with van der Waals surface area (Å²) in [6, 6.07) is 24.0. The molecule has 190 valence electrons. The first-order chi connectivity index (χ1) is 18.4. The van der Waals surface area contributed by atoms with Gasteiger partial charge in [-0.2, -0.15) is 0 Å². The molecule has 2 N–H and O–H groups in total. The molecule has 4 aromatic rings. The number of amides is 4. The van der Waals surface area contributed by atoms with Crippen LogP contribution < -0.4 is 15.4 Å². The molecule has 0 atom stereocenters. The van der Waals surface area contributed by atoms with Gasteiger partial charge in [0, 0.05) is 10.0 Å². The Hall–Kier alpha value is -4.50. The molecule has 4 amide bonds. The number of benzene rings is 4. The van der Waals surface area contributed by atoms with Gasteiger partial charge >= 0.3 is 6.03 Å². The molecule has 5 rings (SSSR count). The van der Waals surface area contributed by atoms with E-state index < -0.39 is 30.2 Å². The van der Waals surface area contributed by atoms with Crippen LogP contribution in [0.2, 0.25) is 0 Å². The van der Waals surface area contributed by atoms with Gasteiger partial charge in [0.15, 0.2) is 0 Å². The second kappa shape index (κ2) is 10.9. The summed E-state index contributed by atoms with van der Waals surface area (Å²) in [5.41, 5.74) is 1.53. The van der Waals surface area contributed by atoms with E-state index in [-0.39, 0.29) is 11.4 Å². The summed E-state index contributed by atoms with van der Waals surface area (Å²) < 4.78 is 21.0. The van der Waals surface area contributed by atoms with Gasteiger partial charge in [0.05, 0.1) is 5.69 Å². The number of nitrogens with one attached hydrogen (secondary N) is 2. The van der Waals surface area contributed by atoms with Crippen molar-refractivity contribution in [1.29, 1.82) is 0 Å². The number of carbonyl (C=O) groups is 3. The summed E-state index contributed by atoms with van der Waals surface area (Å²) in [6.45, 7) is -0.275. The van der Waals surface area contributed by atoms with Crippen LogP contribution >= 0.6 is 15.9 Å². The Morgan fingerprint density at radius 2 is 1.71 bits per heavy atom. The van der Waals surface area contributed by atoms with Gasteiger partial charge < -0.3 is 15.4 Å². The van der Waals surface area contributed by atoms with Gasteiger partial charge in [-0.1, -0.05) is 70.5 Å². The van der Waals surface area contributed by atoms with Crippen molar-refractivity contribution in [1.82, 2.24) is 10.2 Å². The average molecular weight is 574 g/mol. The third kappa shape index (κ3) is 5.42. The topological polar surface area (TPSA) is 87.7 Å². The second-order valence-corrected chi connectivity index (χ2v) is 9.44. The first-order valence-electron chi connectivity index (χ1n) is 11.7. The van der Waals surface area contributed by atoms with Crippen LogP contribution in [0.1, 0.15) is 11.1 Å². The highest BCUT2D eigenvalue weighted by Gasteiger charge is 2.35. The van der Waals surface area contributed by atoms with Crippen LogP contribution in [0.5, 0.6) is 5.75 Å². The molecule has 4 aromatic carbocycles. The van der Waals surface area contributed by atoms with Gasteiger partial charge in [0.1, 0.15) is 30.4 Å². The fourth-order valence-corrected chi connectivity index (χ4v) is 4.31. The SMILES string of the molecule is O=C(CN1C(=O)N/C(=C/c2c(OCc3ccc(Br)cc3)ccc3ccccc23)C1=O)Nc1ccccc1F. The minimum absolute atomic E-state index is 0.00136. The van der Waals surface area contributed by atoms with E-state index >= 15 is 0 Å². The molecular weight excluding hydrogens is 553 g/mol. The molecular formula is C29H21BrFN3O4. The van der Waals surface area contributed by atoms with E-state index in [4.69, 9.17) is 4.74 Å². The van der Waals surface area contributed by atoms with Crippen molar-refractivity contribution in [2.24, 2.45) is 0 Å². The first-order valence-corrected chi connectivity index (χ1v) is 12.5. The van der Waals surface area contributed by atoms with E-state index in [0.29, 0.717) is 17.9 Å². The van der Waals surface area contributed by atoms with Crippen molar-refractivity contribution in [3.05, 3.63) is 112 Å². The molecule has 1 aliphatic heterocycles. The minimum atomic E-state index is -0.748. The predicted molar refractivity (Wildman–Crippen MR) is 146 cm³/mol. The fraction of sp³-hybridized carbons (Fsp3) is 0.0690. The number of rotatable bonds is 7. The highest BCUT2D eigenvalue weighted by molar-refractivity contribution is 9.10. The van der Waals surface area contributed by atoms with Crippen LogP contribution in [-0.4, -0.2) is 29.3 Å². The Morgan fingerprint density at radius 1 is 0.974 bits per heavy atom. The van der Waals surface area contributed by atoms with E-state index in [1.807, 2.05) is 60.7 Å². The van der Waals surface area contributed by atoms with Gasteiger partial charge in [0.2, 0.25) is 5.91 Å². The summed E-state index contributed by atoms with van der Waals surface area (Å²) in [6.07, 6.45) is 1.55. The number of halogens is 2. The first kappa shape index (κ1) is 25.2. The smallest absolute Gasteiger partial charge is 0.329 e. The summed E-state index contributed by atoms with van der Waals surface area (Å²) >= 11 is 3.42. The average Bonchev–Trinajstić information content (AvgIpc) is 3.17. The monoisotopic (exact) mass is 573 g/mol. The van der Waals surface area contributed by atoms with Crippen LogP contribution in [0.4, 0.5) is 14.9 Å². The number of nitrogens with zero attached hydrogens (tertiary/aromatic N) is 1. The molecule has 1 fully saturated rings. The van der Waals surface area contributed by atoms with E-state index in [2.05, 4.69) is 26.6 Å². The molecule has 0 aromatic heterocycles. The maximum atomic E-state index is 13.9. The quantitative estimate of drug-likeness (QED) is 0.214. The third-order valence-electron chi connectivity index (χ3n) is 5.94. The van der Waals surface area contributed by atoms with Gasteiger partial charge in [-0.25, -0.2) is 14.1 Å². The Morgan fingerprint density at radius 3 is 2.50 bits per heavy atom. The zero-order valence-corrected chi connectivity index (χ0v) is 21.5. The van der Waals surface area contributed by atoms with Gasteiger partial charge in [-0.15, -0.1) is 0 Å². The van der Waals surface area contributed by atoms with Gasteiger partial charge in [-0.3, -0.25) is 9.59 Å². The van der Waals surface area contributed by atoms with E-state index in [1.165, 1.54) is 18.2 Å². The molecule has 1 heterocycles. The van der Waals surface area contributed by atoms with Crippen LogP contribution in [-0.2, 0) is 16.2 Å². The normalized spacial score (nSPS) is 14.2. The molecule has 1 aliphatic rings. The Balaban J connectivity index is 1.40. The number of imide groups is 1. The van der Waals surface area contributed by atoms with E-state index in [0.717, 1.165) is 25.7 Å². The number of fused-ring (bicyclic) bond motifs is 1. The molecule has 7 nitrogen and oxygen atoms in total. The number of hydrogen-bond donors (Lipinski definition) is 2. The molecule has 0 radical (unpaired) electrons. The lowest BCUT2D eigenvalue weighted by Gasteiger charge is -2.13. The maximum absolute atomic E-state index is 13.9. The second-order valence-electron chi connectivity index (χ2n) is 8.52. The lowest BCUT2D eigenvalue weighted by Crippen LogP contribution is -2.38. The Labute approximate surface area is 226 Å². The summed E-state index contributed by atoms with van der Waals surface area (Å²) in [5, 5.41) is 6.67. The summed E-state index contributed by atoms with van der Waals surface area (Å²) in [7, 11) is 0. The summed E-state index contributed by atoms with van der Waals surface area (Å²) in [5.74, 6) is -1.48. The Bertz CT molecular complexity index is 1590. The van der Waals surface area contributed by atoms with Crippen LogP contribution in [0.25, 0.3) is 16.8 Å². The molecule has 0 aliphatic carbocycles. The number of carbonyl (C=O) groups excluding carboxylic acids is 3. The Kier molecular flexibility index (Phi) is 7.19. The van der Waals surface area contributed by atoms with Gasteiger partial charge in [0.25, 0.3) is 5.91 Å². The molecule has 9 heteroatoms. The lowest BCUT2D eigenvalue weighted by atomic mass is 10.0. The van der Waals surface area contributed by atoms with E-state index in [1.54, 1.807) is 12.1 Å². The summed E-state index contributed by atoms with van der Waals surface area (Å²) in [4.78, 5) is 38.9. The minimum Gasteiger partial charge on any atom is -0.488 e.